The number of nitrogens with one attached hydrogen (secondary N) is 1. The van der Waals surface area contributed by atoms with Gasteiger partial charge in [-0.05, 0) is 38.0 Å². The van der Waals surface area contributed by atoms with E-state index < -0.39 is 0 Å². The van der Waals surface area contributed by atoms with Gasteiger partial charge in [0.05, 0.1) is 31.0 Å². The standard InChI is InChI=1S/C19H26ClN3O2/c1-13(2)16(20)12-21-15(4)22-17-10-14(3)18(11-19(17)24-5)23-6-8-25-9-7-23/h10-12H,1,6-9H2,2-5H3,(H,21,22)/b16-12+. The van der Waals surface area contributed by atoms with Crippen molar-refractivity contribution in [3.05, 3.63) is 41.1 Å². The highest BCUT2D eigenvalue weighted by molar-refractivity contribution is 6.31. The molecule has 0 radical (unpaired) electrons. The lowest BCUT2D eigenvalue weighted by Gasteiger charge is -2.31. The Morgan fingerprint density at radius 3 is 2.64 bits per heavy atom. The van der Waals surface area contributed by atoms with Crippen LogP contribution in [0.3, 0.4) is 0 Å². The van der Waals surface area contributed by atoms with Gasteiger partial charge in [-0.25, -0.2) is 4.99 Å². The minimum Gasteiger partial charge on any atom is -0.494 e. The summed E-state index contributed by atoms with van der Waals surface area (Å²) in [4.78, 5) is 6.65. The van der Waals surface area contributed by atoms with Crippen LogP contribution in [0.5, 0.6) is 5.75 Å². The molecule has 1 aliphatic heterocycles. The van der Waals surface area contributed by atoms with Crippen molar-refractivity contribution < 1.29 is 9.47 Å². The summed E-state index contributed by atoms with van der Waals surface area (Å²) in [5.41, 5.74) is 4.00. The Kier molecular flexibility index (Phi) is 6.91. The van der Waals surface area contributed by atoms with Crippen molar-refractivity contribution in [3.8, 4) is 5.75 Å². The van der Waals surface area contributed by atoms with E-state index in [1.807, 2.05) is 13.8 Å². The summed E-state index contributed by atoms with van der Waals surface area (Å²) in [6.07, 6.45) is 1.59. The molecule has 0 saturated carbocycles. The van der Waals surface area contributed by atoms with Crippen molar-refractivity contribution in [3.63, 3.8) is 0 Å². The van der Waals surface area contributed by atoms with Gasteiger partial charge in [0.25, 0.3) is 0 Å². The summed E-state index contributed by atoms with van der Waals surface area (Å²) < 4.78 is 11.0. The average Bonchev–Trinajstić information content (AvgIpc) is 2.60. The second kappa shape index (κ2) is 8.92. The number of anilines is 2. The molecule has 5 nitrogen and oxygen atoms in total. The molecule has 1 fully saturated rings. The Morgan fingerprint density at radius 2 is 2.04 bits per heavy atom. The molecule has 1 heterocycles. The summed E-state index contributed by atoms with van der Waals surface area (Å²) in [6.45, 7) is 12.9. The number of hydrogen-bond donors (Lipinski definition) is 1. The monoisotopic (exact) mass is 363 g/mol. The fraction of sp³-hybridized carbons (Fsp3) is 0.421. The van der Waals surface area contributed by atoms with Gasteiger partial charge in [0, 0.05) is 31.0 Å². The lowest BCUT2D eigenvalue weighted by Crippen LogP contribution is -2.36. The number of amidine groups is 1. The second-order valence-corrected chi connectivity index (χ2v) is 6.44. The van der Waals surface area contributed by atoms with Gasteiger partial charge >= 0.3 is 0 Å². The third-order valence-corrected chi connectivity index (χ3v) is 4.38. The summed E-state index contributed by atoms with van der Waals surface area (Å²) in [5, 5.41) is 3.81. The zero-order chi connectivity index (χ0) is 18.4. The summed E-state index contributed by atoms with van der Waals surface area (Å²) in [5.74, 6) is 1.49. The van der Waals surface area contributed by atoms with Crippen molar-refractivity contribution in [1.82, 2.24) is 0 Å². The third-order valence-electron chi connectivity index (χ3n) is 3.96. The minimum absolute atomic E-state index is 0.534. The maximum absolute atomic E-state index is 6.04. The number of morpholine rings is 1. The molecule has 0 spiro atoms. The van der Waals surface area contributed by atoms with Crippen LogP contribution < -0.4 is 15.0 Å². The highest BCUT2D eigenvalue weighted by Crippen LogP contribution is 2.33. The van der Waals surface area contributed by atoms with E-state index in [0.29, 0.717) is 5.03 Å². The van der Waals surface area contributed by atoms with Gasteiger partial charge in [-0.1, -0.05) is 18.2 Å². The quantitative estimate of drug-likeness (QED) is 0.480. The van der Waals surface area contributed by atoms with E-state index >= 15 is 0 Å². The number of aliphatic imine (C=N–C) groups is 1. The number of ether oxygens (including phenoxy) is 2. The summed E-state index contributed by atoms with van der Waals surface area (Å²) in [6, 6.07) is 4.14. The van der Waals surface area contributed by atoms with E-state index in [2.05, 4.69) is 40.8 Å². The first-order chi connectivity index (χ1) is 11.9. The lowest BCUT2D eigenvalue weighted by molar-refractivity contribution is 0.122. The van der Waals surface area contributed by atoms with Crippen LogP contribution in [0.25, 0.3) is 0 Å². The predicted octanol–water partition coefficient (Wildman–Crippen LogP) is 4.33. The molecular weight excluding hydrogens is 338 g/mol. The molecular formula is C19H26ClN3O2. The predicted molar refractivity (Wildman–Crippen MR) is 106 cm³/mol. The molecule has 0 atom stereocenters. The largest absolute Gasteiger partial charge is 0.494 e. The van der Waals surface area contributed by atoms with Gasteiger partial charge in [0.1, 0.15) is 11.6 Å². The van der Waals surface area contributed by atoms with Crippen molar-refractivity contribution in [2.45, 2.75) is 20.8 Å². The topological polar surface area (TPSA) is 46.1 Å². The van der Waals surface area contributed by atoms with Crippen LogP contribution in [0.2, 0.25) is 0 Å². The zero-order valence-corrected chi connectivity index (χ0v) is 16.1. The van der Waals surface area contributed by atoms with Crippen LogP contribution in [0, 0.1) is 6.92 Å². The summed E-state index contributed by atoms with van der Waals surface area (Å²) in [7, 11) is 1.67. The van der Waals surface area contributed by atoms with Crippen LogP contribution in [-0.2, 0) is 4.74 Å². The molecule has 1 saturated heterocycles. The second-order valence-electron chi connectivity index (χ2n) is 6.04. The van der Waals surface area contributed by atoms with Gasteiger partial charge in [0.15, 0.2) is 0 Å². The first-order valence-electron chi connectivity index (χ1n) is 8.26. The van der Waals surface area contributed by atoms with E-state index in [-0.39, 0.29) is 0 Å². The van der Waals surface area contributed by atoms with Crippen LogP contribution >= 0.6 is 11.6 Å². The van der Waals surface area contributed by atoms with Crippen LogP contribution in [-0.4, -0.2) is 39.2 Å². The molecule has 0 aliphatic carbocycles. The fourth-order valence-electron chi connectivity index (χ4n) is 2.58. The molecule has 6 heteroatoms. The molecule has 25 heavy (non-hydrogen) atoms. The first kappa shape index (κ1) is 19.3. The van der Waals surface area contributed by atoms with Gasteiger partial charge < -0.3 is 19.7 Å². The SMILES string of the molecule is C=C(C)/C(Cl)=C\N=C(/C)Nc1cc(C)c(N2CCOCC2)cc1OC. The number of nitrogens with zero attached hydrogens (tertiary/aromatic N) is 2. The number of rotatable bonds is 5. The number of halogens is 1. The van der Waals surface area contributed by atoms with Gasteiger partial charge in [0.2, 0.25) is 0 Å². The highest BCUT2D eigenvalue weighted by atomic mass is 35.5. The van der Waals surface area contributed by atoms with E-state index in [0.717, 1.165) is 49.1 Å². The first-order valence-corrected chi connectivity index (χ1v) is 8.64. The fourth-order valence-corrected chi connectivity index (χ4v) is 2.63. The summed E-state index contributed by atoms with van der Waals surface area (Å²) >= 11 is 6.04. The lowest BCUT2D eigenvalue weighted by atomic mass is 10.1. The molecule has 0 unspecified atom stereocenters. The smallest absolute Gasteiger partial charge is 0.144 e. The Bertz CT molecular complexity index is 692. The number of aryl methyl sites for hydroxylation is 1. The number of hydrogen-bond acceptors (Lipinski definition) is 4. The molecule has 136 valence electrons. The Morgan fingerprint density at radius 1 is 1.36 bits per heavy atom. The molecule has 0 bridgehead atoms. The molecule has 2 rings (SSSR count). The van der Waals surface area contributed by atoms with Gasteiger partial charge in [-0.3, -0.25) is 0 Å². The van der Waals surface area contributed by atoms with Crippen LogP contribution in [0.4, 0.5) is 11.4 Å². The zero-order valence-electron chi connectivity index (χ0n) is 15.4. The average molecular weight is 364 g/mol. The molecule has 0 amide bonds. The normalized spacial score (nSPS) is 16.0. The molecule has 0 aromatic heterocycles. The molecule has 1 aromatic rings. The van der Waals surface area contributed by atoms with Gasteiger partial charge in [-0.15, -0.1) is 0 Å². The molecule has 1 aromatic carbocycles. The molecule has 1 N–H and O–H groups in total. The van der Waals surface area contributed by atoms with Crippen molar-refractivity contribution in [1.29, 1.82) is 0 Å². The molecule has 1 aliphatic rings. The Balaban J connectivity index is 2.23. The van der Waals surface area contributed by atoms with Crippen molar-refractivity contribution in [2.24, 2.45) is 4.99 Å². The minimum atomic E-state index is 0.534. The maximum atomic E-state index is 6.04. The van der Waals surface area contributed by atoms with E-state index in [1.54, 1.807) is 13.3 Å². The van der Waals surface area contributed by atoms with Crippen molar-refractivity contribution in [2.75, 3.05) is 43.6 Å². The van der Waals surface area contributed by atoms with Gasteiger partial charge in [-0.2, -0.15) is 0 Å². The number of benzene rings is 1. The number of allylic oxidation sites excluding steroid dienone is 2. The highest BCUT2D eigenvalue weighted by Gasteiger charge is 2.16. The Labute approximate surface area is 155 Å². The van der Waals surface area contributed by atoms with Crippen molar-refractivity contribution >= 4 is 28.8 Å². The number of methoxy groups -OCH3 is 1. The van der Waals surface area contributed by atoms with Crippen LogP contribution in [0.1, 0.15) is 19.4 Å². The van der Waals surface area contributed by atoms with E-state index in [1.165, 1.54) is 11.3 Å². The van der Waals surface area contributed by atoms with E-state index in [9.17, 15) is 0 Å². The maximum Gasteiger partial charge on any atom is 0.144 e. The third kappa shape index (κ3) is 5.25. The van der Waals surface area contributed by atoms with Crippen LogP contribution in [0.15, 0.2) is 40.5 Å². The Hall–Kier alpha value is -1.98. The van der Waals surface area contributed by atoms with E-state index in [4.69, 9.17) is 21.1 Å².